The highest BCUT2D eigenvalue weighted by Gasteiger charge is 2.11. The first-order valence-corrected chi connectivity index (χ1v) is 9.93. The summed E-state index contributed by atoms with van der Waals surface area (Å²) in [4.78, 5) is 1.02. The number of hydrogen-bond donors (Lipinski definition) is 0. The van der Waals surface area contributed by atoms with Crippen LogP contribution in [0.25, 0.3) is 11.6 Å². The van der Waals surface area contributed by atoms with Crippen LogP contribution in [-0.2, 0) is 0 Å². The minimum Gasteiger partial charge on any atom is -0.449 e. The molecule has 6 heteroatoms. The molecule has 3 aromatic rings. The van der Waals surface area contributed by atoms with Crippen LogP contribution < -0.4 is 0 Å². The lowest BCUT2D eigenvalue weighted by Crippen LogP contribution is -1.81. The molecule has 0 unspecified atom stereocenters. The Bertz CT molecular complexity index is 974. The van der Waals surface area contributed by atoms with Gasteiger partial charge < -0.3 is 4.42 Å². The van der Waals surface area contributed by atoms with E-state index in [1.807, 2.05) is 54.6 Å². The van der Waals surface area contributed by atoms with Crippen molar-refractivity contribution in [1.82, 2.24) is 0 Å². The first-order valence-electron chi connectivity index (χ1n) is 7.15. The Morgan fingerprint density at radius 1 is 1.12 bits per heavy atom. The maximum atomic E-state index is 9.46. The summed E-state index contributed by atoms with van der Waals surface area (Å²) in [6.07, 6.45) is 1.73. The molecule has 0 fully saturated rings. The Labute approximate surface area is 171 Å². The molecule has 0 saturated carbocycles. The third-order valence-corrected chi connectivity index (χ3v) is 5.83. The van der Waals surface area contributed by atoms with E-state index in [9.17, 15) is 5.26 Å². The van der Waals surface area contributed by atoms with Crippen LogP contribution in [0.1, 0.15) is 11.3 Å². The Hall–Kier alpha value is -1.45. The van der Waals surface area contributed by atoms with Crippen LogP contribution in [0, 0.1) is 11.3 Å². The molecule has 25 heavy (non-hydrogen) atoms. The normalized spacial score (nSPS) is 11.4. The summed E-state index contributed by atoms with van der Waals surface area (Å²) in [7, 11) is 0. The third-order valence-electron chi connectivity index (χ3n) is 3.24. The molecule has 0 N–H and O–H groups in total. The Morgan fingerprint density at radius 3 is 2.56 bits per heavy atom. The van der Waals surface area contributed by atoms with Crippen molar-refractivity contribution in [2.24, 2.45) is 0 Å². The monoisotopic (exact) mass is 493 g/mol. The van der Waals surface area contributed by atoms with Gasteiger partial charge in [-0.2, -0.15) is 5.26 Å². The van der Waals surface area contributed by atoms with Crippen molar-refractivity contribution in [3.05, 3.63) is 79.9 Å². The van der Waals surface area contributed by atoms with E-state index >= 15 is 0 Å². The SMILES string of the molecule is N#C/C(=C/c1cc(Br)c(Sc2ccc(Cl)cc2)o1)c1cccc(Br)c1. The van der Waals surface area contributed by atoms with Gasteiger partial charge >= 0.3 is 0 Å². The molecule has 0 aliphatic heterocycles. The van der Waals surface area contributed by atoms with E-state index in [0.29, 0.717) is 16.4 Å². The summed E-state index contributed by atoms with van der Waals surface area (Å²) in [5.41, 5.74) is 1.36. The smallest absolute Gasteiger partial charge is 0.179 e. The number of nitrogens with zero attached hydrogens (tertiary/aromatic N) is 1. The molecule has 0 saturated heterocycles. The van der Waals surface area contributed by atoms with Gasteiger partial charge in [-0.1, -0.05) is 51.4 Å². The minimum atomic E-state index is 0.533. The van der Waals surface area contributed by atoms with Gasteiger partial charge in [0.25, 0.3) is 0 Å². The fraction of sp³-hybridized carbons (Fsp3) is 0. The molecule has 2 nitrogen and oxygen atoms in total. The van der Waals surface area contributed by atoms with Gasteiger partial charge in [0.1, 0.15) is 5.76 Å². The van der Waals surface area contributed by atoms with Crippen LogP contribution in [0.3, 0.4) is 0 Å². The molecular weight excluding hydrogens is 486 g/mol. The van der Waals surface area contributed by atoms with Crippen LogP contribution in [0.2, 0.25) is 5.02 Å². The lowest BCUT2D eigenvalue weighted by molar-refractivity contribution is 0.463. The van der Waals surface area contributed by atoms with Gasteiger partial charge in [0.2, 0.25) is 0 Å². The number of hydrogen-bond acceptors (Lipinski definition) is 3. The molecule has 0 radical (unpaired) electrons. The third kappa shape index (κ3) is 4.80. The zero-order valence-electron chi connectivity index (χ0n) is 12.7. The number of allylic oxidation sites excluding steroid dienone is 1. The number of benzene rings is 2. The van der Waals surface area contributed by atoms with E-state index in [4.69, 9.17) is 16.0 Å². The lowest BCUT2D eigenvalue weighted by atomic mass is 10.1. The number of furan rings is 1. The Morgan fingerprint density at radius 2 is 1.88 bits per heavy atom. The molecule has 3 rings (SSSR count). The summed E-state index contributed by atoms with van der Waals surface area (Å²) in [6.45, 7) is 0. The molecule has 0 aliphatic rings. The highest BCUT2D eigenvalue weighted by Crippen LogP contribution is 2.37. The van der Waals surface area contributed by atoms with E-state index in [0.717, 1.165) is 24.5 Å². The molecule has 0 spiro atoms. The van der Waals surface area contributed by atoms with E-state index < -0.39 is 0 Å². The highest BCUT2D eigenvalue weighted by atomic mass is 79.9. The average molecular weight is 496 g/mol. The minimum absolute atomic E-state index is 0.533. The number of nitriles is 1. The van der Waals surface area contributed by atoms with Gasteiger partial charge in [-0.15, -0.1) is 0 Å². The quantitative estimate of drug-likeness (QED) is 0.349. The number of halogens is 3. The van der Waals surface area contributed by atoms with Crippen molar-refractivity contribution in [2.75, 3.05) is 0 Å². The second-order valence-electron chi connectivity index (χ2n) is 5.02. The van der Waals surface area contributed by atoms with Crippen molar-refractivity contribution < 1.29 is 4.42 Å². The molecule has 0 amide bonds. The molecule has 124 valence electrons. The van der Waals surface area contributed by atoms with Gasteiger partial charge in [0.05, 0.1) is 16.1 Å². The predicted molar refractivity (Wildman–Crippen MR) is 110 cm³/mol. The Balaban J connectivity index is 1.88. The second-order valence-corrected chi connectivity index (χ2v) is 8.27. The summed E-state index contributed by atoms with van der Waals surface area (Å²) in [6, 6.07) is 19.2. The topological polar surface area (TPSA) is 36.9 Å². The van der Waals surface area contributed by atoms with Crippen molar-refractivity contribution in [1.29, 1.82) is 5.26 Å². The predicted octanol–water partition coefficient (Wildman–Crippen LogP) is 7.67. The van der Waals surface area contributed by atoms with E-state index in [2.05, 4.69) is 37.9 Å². The molecule has 0 aliphatic carbocycles. The molecular formula is C19H10Br2ClNOS. The Kier molecular flexibility index (Phi) is 6.08. The van der Waals surface area contributed by atoms with Gasteiger partial charge in [-0.3, -0.25) is 0 Å². The fourth-order valence-corrected chi connectivity index (χ4v) is 3.95. The molecule has 1 heterocycles. The first kappa shape index (κ1) is 18.3. The van der Waals surface area contributed by atoms with Gasteiger partial charge in [-0.25, -0.2) is 0 Å². The summed E-state index contributed by atoms with van der Waals surface area (Å²) in [5.74, 6) is 0.611. The average Bonchev–Trinajstić information content (AvgIpc) is 2.94. The molecule has 1 aromatic heterocycles. The lowest BCUT2D eigenvalue weighted by Gasteiger charge is -2.00. The van der Waals surface area contributed by atoms with Gasteiger partial charge in [-0.05, 0) is 70.0 Å². The van der Waals surface area contributed by atoms with Crippen LogP contribution >= 0.6 is 55.2 Å². The maximum absolute atomic E-state index is 9.46. The summed E-state index contributed by atoms with van der Waals surface area (Å²) < 4.78 is 7.64. The summed E-state index contributed by atoms with van der Waals surface area (Å²) >= 11 is 14.3. The van der Waals surface area contributed by atoms with Crippen molar-refractivity contribution in [3.8, 4) is 6.07 Å². The zero-order valence-corrected chi connectivity index (χ0v) is 17.4. The van der Waals surface area contributed by atoms with E-state index in [1.54, 1.807) is 6.08 Å². The zero-order chi connectivity index (χ0) is 17.8. The van der Waals surface area contributed by atoms with E-state index in [-0.39, 0.29) is 0 Å². The first-order chi connectivity index (χ1) is 12.0. The van der Waals surface area contributed by atoms with Gasteiger partial charge in [0.15, 0.2) is 5.09 Å². The standard InChI is InChI=1S/C19H10Br2ClNOS/c20-14-3-1-2-12(8-14)13(11-23)9-16-10-18(21)19(24-16)25-17-6-4-15(22)5-7-17/h1-10H/b13-9-. The summed E-state index contributed by atoms with van der Waals surface area (Å²) in [5, 5.41) is 10.9. The van der Waals surface area contributed by atoms with Crippen molar-refractivity contribution >= 4 is 66.9 Å². The van der Waals surface area contributed by atoms with Gasteiger partial charge in [0, 0.05) is 14.4 Å². The second kappa shape index (κ2) is 8.29. The van der Waals surface area contributed by atoms with Crippen LogP contribution in [0.15, 0.2) is 77.9 Å². The van der Waals surface area contributed by atoms with E-state index in [1.165, 1.54) is 11.8 Å². The maximum Gasteiger partial charge on any atom is 0.179 e. The molecule has 0 bridgehead atoms. The molecule has 2 aromatic carbocycles. The van der Waals surface area contributed by atoms with Crippen molar-refractivity contribution in [3.63, 3.8) is 0 Å². The fourth-order valence-electron chi connectivity index (χ4n) is 2.10. The van der Waals surface area contributed by atoms with Crippen LogP contribution in [-0.4, -0.2) is 0 Å². The van der Waals surface area contributed by atoms with Crippen LogP contribution in [0.5, 0.6) is 0 Å². The highest BCUT2D eigenvalue weighted by molar-refractivity contribution is 9.10. The van der Waals surface area contributed by atoms with Crippen molar-refractivity contribution in [2.45, 2.75) is 9.99 Å². The largest absolute Gasteiger partial charge is 0.449 e. The van der Waals surface area contributed by atoms with Crippen LogP contribution in [0.4, 0.5) is 0 Å². The number of rotatable bonds is 4. The molecule has 0 atom stereocenters.